The average Bonchev–Trinajstić information content (AvgIpc) is 2.58. The smallest absolute Gasteiger partial charge is 0.322 e. The number of rotatable bonds is 2. The molecule has 0 spiro atoms. The van der Waals surface area contributed by atoms with Gasteiger partial charge in [0.1, 0.15) is 11.6 Å². The van der Waals surface area contributed by atoms with Crippen LogP contribution in [0.15, 0.2) is 42.5 Å². The van der Waals surface area contributed by atoms with E-state index in [0.717, 1.165) is 17.8 Å². The van der Waals surface area contributed by atoms with Gasteiger partial charge in [-0.1, -0.05) is 23.7 Å². The third-order valence-electron chi connectivity index (χ3n) is 3.93. The zero-order chi connectivity index (χ0) is 17.1. The number of benzene rings is 2. The number of piperazine rings is 1. The number of amides is 2. The molecule has 0 radical (unpaired) electrons. The van der Waals surface area contributed by atoms with Gasteiger partial charge >= 0.3 is 6.03 Å². The minimum Gasteiger partial charge on any atom is -0.367 e. The highest BCUT2D eigenvalue weighted by Crippen LogP contribution is 2.26. The fraction of sp³-hybridized carbons (Fsp3) is 0.235. The van der Waals surface area contributed by atoms with Gasteiger partial charge in [0.05, 0.1) is 16.4 Å². The molecule has 3 rings (SSSR count). The molecule has 126 valence electrons. The number of halogens is 3. The molecule has 1 aliphatic heterocycles. The van der Waals surface area contributed by atoms with Crippen LogP contribution in [-0.4, -0.2) is 37.1 Å². The van der Waals surface area contributed by atoms with Crippen molar-refractivity contribution in [3.8, 4) is 0 Å². The lowest BCUT2D eigenvalue weighted by atomic mass is 10.2. The van der Waals surface area contributed by atoms with Crippen LogP contribution < -0.4 is 10.2 Å². The molecular weight excluding hydrogens is 336 g/mol. The molecule has 1 heterocycles. The van der Waals surface area contributed by atoms with Gasteiger partial charge in [0.15, 0.2) is 0 Å². The first-order valence-electron chi connectivity index (χ1n) is 7.55. The molecule has 24 heavy (non-hydrogen) atoms. The van der Waals surface area contributed by atoms with E-state index in [0.29, 0.717) is 31.2 Å². The molecule has 1 fully saturated rings. The number of anilines is 2. The van der Waals surface area contributed by atoms with Gasteiger partial charge in [0.25, 0.3) is 0 Å². The summed E-state index contributed by atoms with van der Waals surface area (Å²) in [6, 6.07) is 10.2. The molecule has 1 saturated heterocycles. The summed E-state index contributed by atoms with van der Waals surface area (Å²) in [6.45, 7) is 2.23. The summed E-state index contributed by atoms with van der Waals surface area (Å²) in [4.78, 5) is 15.9. The second kappa shape index (κ2) is 7.05. The monoisotopic (exact) mass is 351 g/mol. The van der Waals surface area contributed by atoms with Crippen LogP contribution in [0.1, 0.15) is 0 Å². The fourth-order valence-electron chi connectivity index (χ4n) is 2.64. The lowest BCUT2D eigenvalue weighted by Gasteiger charge is -2.36. The highest BCUT2D eigenvalue weighted by atomic mass is 35.5. The summed E-state index contributed by atoms with van der Waals surface area (Å²) in [5.74, 6) is -1.48. The Bertz CT molecular complexity index is 748. The van der Waals surface area contributed by atoms with Crippen LogP contribution in [-0.2, 0) is 0 Å². The third-order valence-corrected chi connectivity index (χ3v) is 4.25. The van der Waals surface area contributed by atoms with Crippen LogP contribution >= 0.6 is 11.6 Å². The Morgan fingerprint density at radius 1 is 1.04 bits per heavy atom. The lowest BCUT2D eigenvalue weighted by molar-refractivity contribution is 0.208. The SMILES string of the molecule is O=C(Nc1ccc(F)cc1F)N1CCN(c2ccccc2Cl)CC1. The Kier molecular flexibility index (Phi) is 4.85. The van der Waals surface area contributed by atoms with E-state index >= 15 is 0 Å². The third kappa shape index (κ3) is 3.59. The molecule has 2 aromatic rings. The van der Waals surface area contributed by atoms with Gasteiger partial charge in [-0.05, 0) is 24.3 Å². The van der Waals surface area contributed by atoms with E-state index in [1.165, 1.54) is 6.07 Å². The van der Waals surface area contributed by atoms with Crippen molar-refractivity contribution in [2.75, 3.05) is 36.4 Å². The highest BCUT2D eigenvalue weighted by Gasteiger charge is 2.23. The number of para-hydroxylation sites is 1. The maximum atomic E-state index is 13.6. The van der Waals surface area contributed by atoms with E-state index < -0.39 is 17.7 Å². The number of carbonyl (C=O) groups excluding carboxylic acids is 1. The zero-order valence-corrected chi connectivity index (χ0v) is 13.6. The van der Waals surface area contributed by atoms with Crippen LogP contribution in [0.5, 0.6) is 0 Å². The predicted octanol–water partition coefficient (Wildman–Crippen LogP) is 3.97. The van der Waals surface area contributed by atoms with Crippen molar-refractivity contribution < 1.29 is 13.6 Å². The van der Waals surface area contributed by atoms with Crippen LogP contribution in [0.4, 0.5) is 25.0 Å². The Balaban J connectivity index is 1.60. The summed E-state index contributed by atoms with van der Waals surface area (Å²) in [7, 11) is 0. The van der Waals surface area contributed by atoms with Gasteiger partial charge < -0.3 is 15.1 Å². The summed E-state index contributed by atoms with van der Waals surface area (Å²) >= 11 is 6.19. The molecule has 0 bridgehead atoms. The van der Waals surface area contributed by atoms with E-state index in [-0.39, 0.29) is 5.69 Å². The second-order valence-corrected chi connectivity index (χ2v) is 5.89. The van der Waals surface area contributed by atoms with E-state index in [4.69, 9.17) is 11.6 Å². The molecule has 0 unspecified atom stereocenters. The molecule has 1 aliphatic rings. The molecule has 0 aliphatic carbocycles. The summed E-state index contributed by atoms with van der Waals surface area (Å²) in [5.41, 5.74) is 0.902. The molecule has 0 atom stereocenters. The Morgan fingerprint density at radius 3 is 2.42 bits per heavy atom. The van der Waals surface area contributed by atoms with E-state index in [9.17, 15) is 13.6 Å². The predicted molar refractivity (Wildman–Crippen MR) is 90.6 cm³/mol. The van der Waals surface area contributed by atoms with Gasteiger partial charge in [-0.25, -0.2) is 13.6 Å². The van der Waals surface area contributed by atoms with Crippen LogP contribution in [0.2, 0.25) is 5.02 Å². The number of carbonyl (C=O) groups is 1. The maximum Gasteiger partial charge on any atom is 0.322 e. The topological polar surface area (TPSA) is 35.6 Å². The molecular formula is C17H16ClF2N3O. The lowest BCUT2D eigenvalue weighted by Crippen LogP contribution is -2.50. The molecule has 2 aromatic carbocycles. The van der Waals surface area contributed by atoms with Crippen molar-refractivity contribution in [3.63, 3.8) is 0 Å². The number of hydrogen-bond acceptors (Lipinski definition) is 2. The number of nitrogens with one attached hydrogen (secondary N) is 1. The first kappa shape index (κ1) is 16.5. The highest BCUT2D eigenvalue weighted by molar-refractivity contribution is 6.33. The minimum absolute atomic E-state index is 0.0325. The molecule has 4 nitrogen and oxygen atoms in total. The van der Waals surface area contributed by atoms with Crippen molar-refractivity contribution in [2.45, 2.75) is 0 Å². The standard InChI is InChI=1S/C17H16ClF2N3O/c18-13-3-1-2-4-16(13)22-7-9-23(10-8-22)17(24)21-15-6-5-12(19)11-14(15)20/h1-6,11H,7-10H2,(H,21,24). The first-order valence-corrected chi connectivity index (χ1v) is 7.93. The van der Waals surface area contributed by atoms with Crippen molar-refractivity contribution in [1.82, 2.24) is 4.90 Å². The van der Waals surface area contributed by atoms with Crippen molar-refractivity contribution >= 4 is 29.0 Å². The molecule has 7 heteroatoms. The van der Waals surface area contributed by atoms with Gasteiger partial charge in [-0.15, -0.1) is 0 Å². The van der Waals surface area contributed by atoms with Crippen LogP contribution in [0.3, 0.4) is 0 Å². The van der Waals surface area contributed by atoms with Crippen LogP contribution in [0.25, 0.3) is 0 Å². The van der Waals surface area contributed by atoms with Gasteiger partial charge in [-0.2, -0.15) is 0 Å². The Morgan fingerprint density at radius 2 is 1.75 bits per heavy atom. The summed E-state index contributed by atoms with van der Waals surface area (Å²) in [6.07, 6.45) is 0. The quantitative estimate of drug-likeness (QED) is 0.888. The minimum atomic E-state index is -0.793. The normalized spacial score (nSPS) is 14.6. The molecule has 1 N–H and O–H groups in total. The maximum absolute atomic E-state index is 13.6. The summed E-state index contributed by atoms with van der Waals surface area (Å²) in [5, 5.41) is 3.14. The van der Waals surface area contributed by atoms with Crippen molar-refractivity contribution in [2.24, 2.45) is 0 Å². The molecule has 0 saturated carbocycles. The largest absolute Gasteiger partial charge is 0.367 e. The number of hydrogen-bond donors (Lipinski definition) is 1. The van der Waals surface area contributed by atoms with E-state index in [2.05, 4.69) is 10.2 Å². The van der Waals surface area contributed by atoms with Gasteiger partial charge in [-0.3, -0.25) is 0 Å². The average molecular weight is 352 g/mol. The second-order valence-electron chi connectivity index (χ2n) is 5.48. The van der Waals surface area contributed by atoms with E-state index in [1.54, 1.807) is 4.90 Å². The van der Waals surface area contributed by atoms with Crippen LogP contribution in [0, 0.1) is 11.6 Å². The zero-order valence-electron chi connectivity index (χ0n) is 12.8. The number of urea groups is 1. The number of nitrogens with zero attached hydrogens (tertiary/aromatic N) is 2. The van der Waals surface area contributed by atoms with Crippen molar-refractivity contribution in [1.29, 1.82) is 0 Å². The molecule has 0 aromatic heterocycles. The Labute approximate surface area is 143 Å². The summed E-state index contributed by atoms with van der Waals surface area (Å²) < 4.78 is 26.5. The van der Waals surface area contributed by atoms with Crippen molar-refractivity contribution in [3.05, 3.63) is 59.1 Å². The first-order chi connectivity index (χ1) is 11.5. The van der Waals surface area contributed by atoms with Gasteiger partial charge in [0, 0.05) is 32.2 Å². The molecule has 2 amide bonds. The van der Waals surface area contributed by atoms with E-state index in [1.807, 2.05) is 24.3 Å². The fourth-order valence-corrected chi connectivity index (χ4v) is 2.90. The Hall–Kier alpha value is -2.34. The van der Waals surface area contributed by atoms with Gasteiger partial charge in [0.2, 0.25) is 0 Å².